The van der Waals surface area contributed by atoms with Crippen LogP contribution in [0.2, 0.25) is 0 Å². The van der Waals surface area contributed by atoms with Crippen molar-refractivity contribution in [1.29, 1.82) is 0 Å². The number of pyridine rings is 1. The van der Waals surface area contributed by atoms with Gasteiger partial charge in [0.25, 0.3) is 0 Å². The van der Waals surface area contributed by atoms with Crippen molar-refractivity contribution in [2.24, 2.45) is 7.05 Å². The summed E-state index contributed by atoms with van der Waals surface area (Å²) in [5.74, 6) is 0.715. The van der Waals surface area contributed by atoms with E-state index < -0.39 is 5.97 Å². The largest absolute Gasteiger partial charge is 0.462 e. The maximum atomic E-state index is 11.9. The van der Waals surface area contributed by atoms with Crippen molar-refractivity contribution >= 4 is 17.5 Å². The Labute approximate surface area is 122 Å². The zero-order chi connectivity index (χ0) is 15.2. The molecule has 0 unspecified atom stereocenters. The van der Waals surface area contributed by atoms with Gasteiger partial charge in [-0.15, -0.1) is 0 Å². The monoisotopic (exact) mass is 290 g/mol. The molecule has 2 heterocycles. The first-order valence-corrected chi connectivity index (χ1v) is 6.61. The van der Waals surface area contributed by atoms with Crippen molar-refractivity contribution in [3.63, 3.8) is 0 Å². The molecule has 8 heteroatoms. The number of carbonyl (C=O) groups excluding carboxylic acids is 1. The van der Waals surface area contributed by atoms with Crippen LogP contribution < -0.4 is 11.1 Å². The van der Waals surface area contributed by atoms with Crippen LogP contribution >= 0.6 is 0 Å². The number of hydrogen-bond donors (Lipinski definition) is 2. The molecule has 2 rings (SSSR count). The summed E-state index contributed by atoms with van der Waals surface area (Å²) in [6.45, 7) is 2.59. The minimum Gasteiger partial charge on any atom is -0.462 e. The number of nitrogen functional groups attached to an aromatic ring is 1. The Balaban J connectivity index is 2.03. The molecule has 0 bridgehead atoms. The van der Waals surface area contributed by atoms with Gasteiger partial charge in [-0.25, -0.2) is 14.8 Å². The van der Waals surface area contributed by atoms with E-state index in [1.165, 1.54) is 6.20 Å². The highest BCUT2D eigenvalue weighted by Gasteiger charge is 2.14. The number of nitrogens with zero attached hydrogens (tertiary/aromatic N) is 4. The van der Waals surface area contributed by atoms with Gasteiger partial charge in [-0.3, -0.25) is 4.68 Å². The van der Waals surface area contributed by atoms with E-state index in [1.54, 1.807) is 24.0 Å². The molecule has 2 aromatic heterocycles. The zero-order valence-electron chi connectivity index (χ0n) is 12.0. The Kier molecular flexibility index (Phi) is 4.70. The van der Waals surface area contributed by atoms with Crippen molar-refractivity contribution < 1.29 is 9.53 Å². The number of aryl methyl sites for hydroxylation is 1. The van der Waals surface area contributed by atoms with Crippen LogP contribution in [-0.4, -0.2) is 38.9 Å². The molecule has 0 aliphatic heterocycles. The number of nitrogens with two attached hydrogens (primary N) is 1. The van der Waals surface area contributed by atoms with Crippen molar-refractivity contribution in [2.75, 3.05) is 24.2 Å². The third kappa shape index (κ3) is 3.91. The lowest BCUT2D eigenvalue weighted by molar-refractivity contribution is 0.0527. The minimum absolute atomic E-state index is 0.297. The average molecular weight is 290 g/mol. The highest BCUT2D eigenvalue weighted by Crippen LogP contribution is 2.16. The summed E-state index contributed by atoms with van der Waals surface area (Å²) < 4.78 is 6.63. The maximum Gasteiger partial charge on any atom is 0.341 e. The van der Waals surface area contributed by atoms with Gasteiger partial charge in [0, 0.05) is 20.0 Å². The van der Waals surface area contributed by atoms with E-state index in [-0.39, 0.29) is 0 Å². The standard InChI is InChI=1S/C13H18N6O2/c1-3-21-13(20)10-6-9(14)7-16-12(10)15-5-4-11-17-8-19(2)18-11/h6-8H,3-5,14H2,1-2H3,(H,15,16). The Morgan fingerprint density at radius 3 is 2.95 bits per heavy atom. The van der Waals surface area contributed by atoms with Gasteiger partial charge in [-0.05, 0) is 13.0 Å². The predicted octanol–water partition coefficient (Wildman–Crippen LogP) is 0.624. The van der Waals surface area contributed by atoms with Crippen LogP contribution in [0.5, 0.6) is 0 Å². The van der Waals surface area contributed by atoms with Crippen LogP contribution in [-0.2, 0) is 18.2 Å². The molecule has 2 aromatic rings. The highest BCUT2D eigenvalue weighted by atomic mass is 16.5. The first kappa shape index (κ1) is 14.8. The number of rotatable bonds is 6. The maximum absolute atomic E-state index is 11.9. The SMILES string of the molecule is CCOC(=O)c1cc(N)cnc1NCCc1ncn(C)n1. The topological polar surface area (TPSA) is 108 Å². The second-order valence-electron chi connectivity index (χ2n) is 4.40. The molecule has 0 saturated heterocycles. The van der Waals surface area contributed by atoms with Crippen LogP contribution in [0, 0.1) is 0 Å². The second-order valence-corrected chi connectivity index (χ2v) is 4.40. The molecule has 0 fully saturated rings. The van der Waals surface area contributed by atoms with Crippen LogP contribution in [0.1, 0.15) is 23.1 Å². The summed E-state index contributed by atoms with van der Waals surface area (Å²) >= 11 is 0. The van der Waals surface area contributed by atoms with Crippen molar-refractivity contribution in [2.45, 2.75) is 13.3 Å². The summed E-state index contributed by atoms with van der Waals surface area (Å²) in [4.78, 5) is 20.1. The Morgan fingerprint density at radius 1 is 1.48 bits per heavy atom. The van der Waals surface area contributed by atoms with E-state index in [2.05, 4.69) is 20.4 Å². The molecule has 0 radical (unpaired) electrons. The zero-order valence-corrected chi connectivity index (χ0v) is 12.0. The molecule has 0 atom stereocenters. The van der Waals surface area contributed by atoms with Gasteiger partial charge in [0.05, 0.1) is 18.5 Å². The van der Waals surface area contributed by atoms with E-state index in [9.17, 15) is 4.79 Å². The molecule has 0 amide bonds. The Hall–Kier alpha value is -2.64. The molecule has 0 aromatic carbocycles. The molecule has 0 saturated carbocycles. The van der Waals surface area contributed by atoms with Gasteiger partial charge in [0.15, 0.2) is 5.82 Å². The summed E-state index contributed by atoms with van der Waals surface area (Å²) in [6, 6.07) is 1.55. The van der Waals surface area contributed by atoms with Crippen molar-refractivity contribution in [3.05, 3.63) is 30.0 Å². The lowest BCUT2D eigenvalue weighted by Gasteiger charge is -2.10. The van der Waals surface area contributed by atoms with E-state index in [0.29, 0.717) is 36.6 Å². The molecule has 3 N–H and O–H groups in total. The van der Waals surface area contributed by atoms with Crippen molar-refractivity contribution in [3.8, 4) is 0 Å². The number of nitrogens with one attached hydrogen (secondary N) is 1. The molecular weight excluding hydrogens is 272 g/mol. The van der Waals surface area contributed by atoms with Gasteiger partial charge in [-0.1, -0.05) is 0 Å². The fourth-order valence-corrected chi connectivity index (χ4v) is 1.78. The fourth-order valence-electron chi connectivity index (χ4n) is 1.78. The number of aromatic nitrogens is 4. The molecule has 21 heavy (non-hydrogen) atoms. The number of carbonyl (C=O) groups is 1. The number of esters is 1. The lowest BCUT2D eigenvalue weighted by Crippen LogP contribution is -2.14. The summed E-state index contributed by atoms with van der Waals surface area (Å²) in [7, 11) is 1.81. The Morgan fingerprint density at radius 2 is 2.29 bits per heavy atom. The summed E-state index contributed by atoms with van der Waals surface area (Å²) in [5, 5.41) is 7.26. The van der Waals surface area contributed by atoms with Gasteiger partial charge < -0.3 is 15.8 Å². The second kappa shape index (κ2) is 6.69. The number of hydrogen-bond acceptors (Lipinski definition) is 7. The van der Waals surface area contributed by atoms with Gasteiger partial charge in [0.1, 0.15) is 17.7 Å². The van der Waals surface area contributed by atoms with Crippen LogP contribution in [0.25, 0.3) is 0 Å². The molecule has 0 aliphatic rings. The number of ether oxygens (including phenoxy) is 1. The third-order valence-corrected chi connectivity index (χ3v) is 2.69. The summed E-state index contributed by atoms with van der Waals surface area (Å²) in [5.41, 5.74) is 6.40. The van der Waals surface area contributed by atoms with Gasteiger partial charge in [0.2, 0.25) is 0 Å². The first-order valence-electron chi connectivity index (χ1n) is 6.61. The summed E-state index contributed by atoms with van der Waals surface area (Å²) in [6.07, 6.45) is 3.75. The average Bonchev–Trinajstić information content (AvgIpc) is 2.86. The lowest BCUT2D eigenvalue weighted by atomic mass is 10.2. The highest BCUT2D eigenvalue weighted by molar-refractivity contribution is 5.95. The Bertz CT molecular complexity index is 625. The van der Waals surface area contributed by atoms with Crippen molar-refractivity contribution in [1.82, 2.24) is 19.7 Å². The fraction of sp³-hybridized carbons (Fsp3) is 0.385. The molecule has 0 spiro atoms. The van der Waals surface area contributed by atoms with Crippen LogP contribution in [0.3, 0.4) is 0 Å². The van der Waals surface area contributed by atoms with E-state index in [0.717, 1.165) is 5.82 Å². The van der Waals surface area contributed by atoms with Crippen LogP contribution in [0.4, 0.5) is 11.5 Å². The molecular formula is C13H18N6O2. The van der Waals surface area contributed by atoms with Gasteiger partial charge >= 0.3 is 5.97 Å². The number of anilines is 2. The quantitative estimate of drug-likeness (QED) is 0.751. The normalized spacial score (nSPS) is 10.4. The van der Waals surface area contributed by atoms with Gasteiger partial charge in [-0.2, -0.15) is 5.10 Å². The predicted molar refractivity (Wildman–Crippen MR) is 77.8 cm³/mol. The molecule has 112 valence electrons. The molecule has 0 aliphatic carbocycles. The third-order valence-electron chi connectivity index (χ3n) is 2.69. The smallest absolute Gasteiger partial charge is 0.341 e. The first-order chi connectivity index (χ1) is 10.1. The van der Waals surface area contributed by atoms with E-state index in [4.69, 9.17) is 10.5 Å². The van der Waals surface area contributed by atoms with E-state index in [1.807, 2.05) is 7.05 Å². The minimum atomic E-state index is -0.448. The van der Waals surface area contributed by atoms with Crippen LogP contribution in [0.15, 0.2) is 18.6 Å². The van der Waals surface area contributed by atoms with E-state index >= 15 is 0 Å². The molecule has 8 nitrogen and oxygen atoms in total.